The van der Waals surface area contributed by atoms with Crippen LogP contribution in [0.25, 0.3) is 0 Å². The lowest BCUT2D eigenvalue weighted by molar-refractivity contribution is 0.262. The van der Waals surface area contributed by atoms with Gasteiger partial charge in [-0.1, -0.05) is 35.9 Å². The molecular formula is C20H21ClN4O2. The summed E-state index contributed by atoms with van der Waals surface area (Å²) in [5, 5.41) is 10.6. The number of aryl methyl sites for hydroxylation is 1. The molecule has 2 aromatic carbocycles. The van der Waals surface area contributed by atoms with E-state index in [4.69, 9.17) is 16.3 Å². The molecule has 0 unspecified atom stereocenters. The number of amides is 2. The van der Waals surface area contributed by atoms with Gasteiger partial charge >= 0.3 is 6.03 Å². The number of aromatic nitrogens is 2. The SMILES string of the molecule is COc1cccc(Cn2nc(C)c(NC(=O)Nc3ccccc3Cl)c2C)c1. The van der Waals surface area contributed by atoms with Crippen LogP contribution >= 0.6 is 11.6 Å². The number of benzene rings is 2. The molecule has 7 heteroatoms. The van der Waals surface area contributed by atoms with E-state index in [1.165, 1.54) is 0 Å². The maximum Gasteiger partial charge on any atom is 0.323 e. The van der Waals surface area contributed by atoms with Crippen LogP contribution in [0.2, 0.25) is 5.02 Å². The Morgan fingerprint density at radius 2 is 1.93 bits per heavy atom. The van der Waals surface area contributed by atoms with Crippen molar-refractivity contribution in [2.24, 2.45) is 0 Å². The molecule has 2 N–H and O–H groups in total. The number of methoxy groups -OCH3 is 1. The number of nitrogens with one attached hydrogen (secondary N) is 2. The van der Waals surface area contributed by atoms with Gasteiger partial charge in [0.1, 0.15) is 5.75 Å². The van der Waals surface area contributed by atoms with Gasteiger partial charge in [0.25, 0.3) is 0 Å². The molecule has 0 atom stereocenters. The third-order valence-corrected chi connectivity index (χ3v) is 4.54. The van der Waals surface area contributed by atoms with Crippen LogP contribution in [0.3, 0.4) is 0 Å². The second kappa shape index (κ2) is 8.14. The van der Waals surface area contributed by atoms with Crippen molar-refractivity contribution >= 4 is 29.0 Å². The van der Waals surface area contributed by atoms with Crippen molar-refractivity contribution in [2.45, 2.75) is 20.4 Å². The fraction of sp³-hybridized carbons (Fsp3) is 0.200. The molecule has 0 aliphatic heterocycles. The maximum atomic E-state index is 12.4. The van der Waals surface area contributed by atoms with Gasteiger partial charge in [-0.25, -0.2) is 4.79 Å². The van der Waals surface area contributed by atoms with Crippen LogP contribution in [-0.4, -0.2) is 22.9 Å². The summed E-state index contributed by atoms with van der Waals surface area (Å²) < 4.78 is 7.12. The molecule has 27 heavy (non-hydrogen) atoms. The molecule has 0 spiro atoms. The van der Waals surface area contributed by atoms with Crippen molar-refractivity contribution in [2.75, 3.05) is 17.7 Å². The van der Waals surface area contributed by atoms with Gasteiger partial charge in [-0.3, -0.25) is 4.68 Å². The van der Waals surface area contributed by atoms with Crippen LogP contribution in [-0.2, 0) is 6.54 Å². The highest BCUT2D eigenvalue weighted by atomic mass is 35.5. The van der Waals surface area contributed by atoms with Crippen molar-refractivity contribution < 1.29 is 9.53 Å². The van der Waals surface area contributed by atoms with E-state index < -0.39 is 0 Å². The fourth-order valence-electron chi connectivity index (χ4n) is 2.81. The topological polar surface area (TPSA) is 68.2 Å². The highest BCUT2D eigenvalue weighted by Gasteiger charge is 2.15. The van der Waals surface area contributed by atoms with Crippen molar-refractivity contribution in [3.8, 4) is 5.75 Å². The van der Waals surface area contributed by atoms with Gasteiger partial charge in [0, 0.05) is 0 Å². The van der Waals surface area contributed by atoms with Gasteiger partial charge in [-0.15, -0.1) is 0 Å². The number of urea groups is 1. The number of nitrogens with zero attached hydrogens (tertiary/aromatic N) is 2. The molecular weight excluding hydrogens is 364 g/mol. The summed E-state index contributed by atoms with van der Waals surface area (Å²) in [7, 11) is 1.64. The quantitative estimate of drug-likeness (QED) is 0.660. The summed E-state index contributed by atoms with van der Waals surface area (Å²) in [5.41, 5.74) is 3.90. The lowest BCUT2D eigenvalue weighted by Gasteiger charge is -2.10. The molecule has 2 amide bonds. The highest BCUT2D eigenvalue weighted by Crippen LogP contribution is 2.24. The zero-order valence-electron chi connectivity index (χ0n) is 15.4. The Hall–Kier alpha value is -2.99. The lowest BCUT2D eigenvalue weighted by Crippen LogP contribution is -2.20. The van der Waals surface area contributed by atoms with Crippen molar-refractivity contribution in [3.63, 3.8) is 0 Å². The molecule has 0 saturated heterocycles. The molecule has 0 radical (unpaired) electrons. The van der Waals surface area contributed by atoms with E-state index in [1.807, 2.05) is 54.9 Å². The molecule has 1 heterocycles. The average Bonchev–Trinajstić information content (AvgIpc) is 2.91. The first-order chi connectivity index (χ1) is 13.0. The minimum Gasteiger partial charge on any atom is -0.497 e. The summed E-state index contributed by atoms with van der Waals surface area (Å²) in [6, 6.07) is 14.5. The van der Waals surface area contributed by atoms with E-state index in [9.17, 15) is 4.79 Å². The second-order valence-corrected chi connectivity index (χ2v) is 6.52. The molecule has 0 fully saturated rings. The molecule has 140 valence electrons. The van der Waals surface area contributed by atoms with Crippen molar-refractivity contribution in [1.29, 1.82) is 0 Å². The van der Waals surface area contributed by atoms with Gasteiger partial charge in [-0.05, 0) is 43.7 Å². The Kier molecular flexibility index (Phi) is 5.66. The van der Waals surface area contributed by atoms with Gasteiger partial charge in [0.15, 0.2) is 0 Å². The van der Waals surface area contributed by atoms with Crippen LogP contribution in [0.1, 0.15) is 17.0 Å². The third-order valence-electron chi connectivity index (χ3n) is 4.21. The van der Waals surface area contributed by atoms with E-state index in [1.54, 1.807) is 19.2 Å². The summed E-state index contributed by atoms with van der Waals surface area (Å²) in [6.07, 6.45) is 0. The predicted octanol–water partition coefficient (Wildman–Crippen LogP) is 4.85. The van der Waals surface area contributed by atoms with Crippen molar-refractivity contribution in [3.05, 3.63) is 70.5 Å². The van der Waals surface area contributed by atoms with Crippen LogP contribution < -0.4 is 15.4 Å². The molecule has 3 rings (SSSR count). The molecule has 6 nitrogen and oxygen atoms in total. The predicted molar refractivity (Wildman–Crippen MR) is 108 cm³/mol. The summed E-state index contributed by atoms with van der Waals surface area (Å²) in [4.78, 5) is 12.4. The first-order valence-electron chi connectivity index (χ1n) is 8.47. The number of carbonyl (C=O) groups excluding carboxylic acids is 1. The highest BCUT2D eigenvalue weighted by molar-refractivity contribution is 6.33. The van der Waals surface area contributed by atoms with E-state index in [0.717, 1.165) is 22.7 Å². The summed E-state index contributed by atoms with van der Waals surface area (Å²) in [6.45, 7) is 4.36. The van der Waals surface area contributed by atoms with Crippen LogP contribution in [0.4, 0.5) is 16.2 Å². The molecule has 1 aromatic heterocycles. The fourth-order valence-corrected chi connectivity index (χ4v) is 2.99. The third kappa shape index (κ3) is 4.41. The first-order valence-corrected chi connectivity index (χ1v) is 8.85. The maximum absolute atomic E-state index is 12.4. The van der Waals surface area contributed by atoms with Gasteiger partial charge < -0.3 is 15.4 Å². The van der Waals surface area contributed by atoms with Crippen LogP contribution in [0.15, 0.2) is 48.5 Å². The summed E-state index contributed by atoms with van der Waals surface area (Å²) >= 11 is 6.08. The smallest absolute Gasteiger partial charge is 0.323 e. The first kappa shape index (κ1) is 18.8. The molecule has 0 saturated carbocycles. The molecule has 0 aliphatic rings. The van der Waals surface area contributed by atoms with Gasteiger partial charge in [0.2, 0.25) is 0 Å². The Labute approximate surface area is 163 Å². The zero-order chi connectivity index (χ0) is 19.4. The van der Waals surface area contributed by atoms with E-state index >= 15 is 0 Å². The Balaban J connectivity index is 1.75. The Morgan fingerprint density at radius 3 is 2.67 bits per heavy atom. The van der Waals surface area contributed by atoms with Gasteiger partial charge in [0.05, 0.1) is 41.4 Å². The standard InChI is InChI=1S/C20H21ClN4O2/c1-13-19(23-20(26)22-18-10-5-4-9-17(18)21)14(2)25(24-13)12-15-7-6-8-16(11-15)27-3/h4-11H,12H2,1-3H3,(H2,22,23,26). The van der Waals surface area contributed by atoms with Crippen LogP contribution in [0.5, 0.6) is 5.75 Å². The Morgan fingerprint density at radius 1 is 1.15 bits per heavy atom. The number of halogens is 1. The summed E-state index contributed by atoms with van der Waals surface area (Å²) in [5.74, 6) is 0.798. The minimum atomic E-state index is -0.366. The molecule has 0 aliphatic carbocycles. The van der Waals surface area contributed by atoms with Crippen molar-refractivity contribution in [1.82, 2.24) is 9.78 Å². The number of anilines is 2. The minimum absolute atomic E-state index is 0.366. The normalized spacial score (nSPS) is 10.5. The number of carbonyl (C=O) groups is 1. The monoisotopic (exact) mass is 384 g/mol. The number of hydrogen-bond acceptors (Lipinski definition) is 3. The van der Waals surface area contributed by atoms with Crippen LogP contribution in [0, 0.1) is 13.8 Å². The molecule has 0 bridgehead atoms. The second-order valence-electron chi connectivity index (χ2n) is 6.11. The van der Waals surface area contributed by atoms with Gasteiger partial charge in [-0.2, -0.15) is 5.10 Å². The number of rotatable bonds is 5. The average molecular weight is 385 g/mol. The van der Waals surface area contributed by atoms with E-state index in [-0.39, 0.29) is 6.03 Å². The van der Waals surface area contributed by atoms with E-state index in [0.29, 0.717) is 22.9 Å². The Bertz CT molecular complexity index is 968. The van der Waals surface area contributed by atoms with E-state index in [2.05, 4.69) is 15.7 Å². The number of hydrogen-bond donors (Lipinski definition) is 2. The zero-order valence-corrected chi connectivity index (χ0v) is 16.2. The lowest BCUT2D eigenvalue weighted by atomic mass is 10.2. The largest absolute Gasteiger partial charge is 0.497 e. The number of ether oxygens (including phenoxy) is 1. The number of para-hydroxylation sites is 1. The molecule has 3 aromatic rings.